The minimum Gasteiger partial charge on any atom is -0.508 e. The van der Waals surface area contributed by atoms with Gasteiger partial charge in [0.15, 0.2) is 5.82 Å². The van der Waals surface area contributed by atoms with Gasteiger partial charge >= 0.3 is 5.97 Å². The molecule has 0 unspecified atom stereocenters. The van der Waals surface area contributed by atoms with Crippen molar-refractivity contribution < 1.29 is 14.6 Å². The number of benzene rings is 2. The Labute approximate surface area is 133 Å². The van der Waals surface area contributed by atoms with Crippen LogP contribution in [-0.2, 0) is 4.74 Å². The Bertz CT molecular complexity index is 810. The van der Waals surface area contributed by atoms with E-state index in [4.69, 9.17) is 0 Å². The van der Waals surface area contributed by atoms with E-state index in [-0.39, 0.29) is 11.7 Å². The maximum absolute atomic E-state index is 11.4. The number of aromatic hydroxyl groups is 1. The number of phenolic OH excluding ortho intramolecular Hbond substituents is 1. The lowest BCUT2D eigenvalue weighted by atomic mass is 10.1. The van der Waals surface area contributed by atoms with Crippen molar-refractivity contribution in [1.82, 2.24) is 9.97 Å². The molecule has 0 aliphatic heterocycles. The topological polar surface area (TPSA) is 72.3 Å². The molecule has 23 heavy (non-hydrogen) atoms. The number of carbonyl (C=O) groups excluding carboxylic acids is 1. The maximum atomic E-state index is 11.4. The molecule has 5 heteroatoms. The van der Waals surface area contributed by atoms with Gasteiger partial charge in [-0.1, -0.05) is 12.1 Å². The Morgan fingerprint density at radius 2 is 1.43 bits per heavy atom. The van der Waals surface area contributed by atoms with Gasteiger partial charge < -0.3 is 9.84 Å². The highest BCUT2D eigenvalue weighted by atomic mass is 16.5. The first-order valence-corrected chi connectivity index (χ1v) is 6.97. The molecule has 0 fully saturated rings. The third-order valence-electron chi connectivity index (χ3n) is 3.42. The Balaban J connectivity index is 1.84. The van der Waals surface area contributed by atoms with Crippen molar-refractivity contribution in [1.29, 1.82) is 0 Å². The average Bonchev–Trinajstić information content (AvgIpc) is 2.62. The van der Waals surface area contributed by atoms with Crippen LogP contribution in [0, 0.1) is 0 Å². The maximum Gasteiger partial charge on any atom is 0.337 e. The molecule has 0 radical (unpaired) electrons. The van der Waals surface area contributed by atoms with E-state index in [1.54, 1.807) is 48.8 Å². The van der Waals surface area contributed by atoms with Crippen LogP contribution >= 0.6 is 0 Å². The fourth-order valence-electron chi connectivity index (χ4n) is 2.15. The fraction of sp³-hybridized carbons (Fsp3) is 0.0556. The molecule has 0 spiro atoms. The molecular formula is C18H14N2O3. The molecule has 0 aliphatic rings. The highest BCUT2D eigenvalue weighted by Gasteiger charge is 2.07. The van der Waals surface area contributed by atoms with E-state index in [2.05, 4.69) is 14.7 Å². The number of esters is 1. The molecule has 2 aromatic carbocycles. The van der Waals surface area contributed by atoms with Crippen LogP contribution in [0.1, 0.15) is 10.4 Å². The number of rotatable bonds is 3. The minimum atomic E-state index is -0.365. The molecule has 114 valence electrons. The van der Waals surface area contributed by atoms with Gasteiger partial charge in [-0.25, -0.2) is 14.8 Å². The van der Waals surface area contributed by atoms with Crippen LogP contribution in [-0.4, -0.2) is 28.2 Å². The van der Waals surface area contributed by atoms with Gasteiger partial charge in [-0.3, -0.25) is 0 Å². The lowest BCUT2D eigenvalue weighted by molar-refractivity contribution is 0.0601. The van der Waals surface area contributed by atoms with Crippen molar-refractivity contribution in [2.45, 2.75) is 0 Å². The molecule has 0 amide bonds. The van der Waals surface area contributed by atoms with Gasteiger partial charge in [-0.05, 0) is 42.0 Å². The van der Waals surface area contributed by atoms with Crippen molar-refractivity contribution >= 4 is 5.97 Å². The standard InChI is InChI=1S/C18H14N2O3/c1-23-18(22)14-4-2-12(3-5-14)15-10-19-17(20-11-15)13-6-8-16(21)9-7-13/h2-11,21H,1H3. The highest BCUT2D eigenvalue weighted by molar-refractivity contribution is 5.89. The number of nitrogens with zero attached hydrogens (tertiary/aromatic N) is 2. The van der Waals surface area contributed by atoms with Gasteiger partial charge in [0, 0.05) is 23.5 Å². The molecule has 0 atom stereocenters. The quantitative estimate of drug-likeness (QED) is 0.752. The third-order valence-corrected chi connectivity index (χ3v) is 3.42. The highest BCUT2D eigenvalue weighted by Crippen LogP contribution is 2.22. The van der Waals surface area contributed by atoms with Crippen molar-refractivity contribution in [3.05, 3.63) is 66.5 Å². The Kier molecular flexibility index (Phi) is 4.01. The largest absolute Gasteiger partial charge is 0.508 e. The van der Waals surface area contributed by atoms with E-state index < -0.39 is 0 Å². The van der Waals surface area contributed by atoms with Crippen LogP contribution in [0.15, 0.2) is 60.9 Å². The summed E-state index contributed by atoms with van der Waals surface area (Å²) in [5.41, 5.74) is 3.09. The minimum absolute atomic E-state index is 0.205. The summed E-state index contributed by atoms with van der Waals surface area (Å²) in [5, 5.41) is 9.30. The van der Waals surface area contributed by atoms with Crippen molar-refractivity contribution in [3.63, 3.8) is 0 Å². The fourth-order valence-corrected chi connectivity index (χ4v) is 2.15. The van der Waals surface area contributed by atoms with Crippen LogP contribution in [0.3, 0.4) is 0 Å². The normalized spacial score (nSPS) is 10.3. The van der Waals surface area contributed by atoms with Crippen LogP contribution < -0.4 is 0 Å². The first-order valence-electron chi connectivity index (χ1n) is 6.97. The van der Waals surface area contributed by atoms with Gasteiger partial charge in [0.05, 0.1) is 12.7 Å². The van der Waals surface area contributed by atoms with E-state index in [1.165, 1.54) is 7.11 Å². The molecule has 1 heterocycles. The van der Waals surface area contributed by atoms with Crippen LogP contribution in [0.4, 0.5) is 0 Å². The monoisotopic (exact) mass is 306 g/mol. The molecule has 0 aliphatic carbocycles. The summed E-state index contributed by atoms with van der Waals surface area (Å²) in [6.45, 7) is 0. The molecule has 5 nitrogen and oxygen atoms in total. The van der Waals surface area contributed by atoms with Crippen molar-refractivity contribution in [3.8, 4) is 28.3 Å². The summed E-state index contributed by atoms with van der Waals surface area (Å²) in [5.74, 6) is 0.423. The third kappa shape index (κ3) is 3.18. The summed E-state index contributed by atoms with van der Waals surface area (Å²) in [4.78, 5) is 20.1. The Morgan fingerprint density at radius 1 is 0.870 bits per heavy atom. The summed E-state index contributed by atoms with van der Waals surface area (Å²) >= 11 is 0. The lowest BCUT2D eigenvalue weighted by Gasteiger charge is -2.05. The smallest absolute Gasteiger partial charge is 0.337 e. The van der Waals surface area contributed by atoms with Crippen LogP contribution in [0.2, 0.25) is 0 Å². The van der Waals surface area contributed by atoms with Gasteiger partial charge in [0.25, 0.3) is 0 Å². The molecule has 3 aromatic rings. The van der Waals surface area contributed by atoms with Crippen molar-refractivity contribution in [2.24, 2.45) is 0 Å². The molecular weight excluding hydrogens is 292 g/mol. The van der Waals surface area contributed by atoms with Crippen LogP contribution in [0.5, 0.6) is 5.75 Å². The molecule has 1 aromatic heterocycles. The molecule has 0 bridgehead atoms. The second-order valence-electron chi connectivity index (χ2n) is 4.91. The van der Waals surface area contributed by atoms with E-state index >= 15 is 0 Å². The summed E-state index contributed by atoms with van der Waals surface area (Å²) in [6, 6.07) is 13.8. The zero-order valence-corrected chi connectivity index (χ0v) is 12.4. The molecule has 0 saturated heterocycles. The number of methoxy groups -OCH3 is 1. The average molecular weight is 306 g/mol. The summed E-state index contributed by atoms with van der Waals surface area (Å²) < 4.78 is 4.67. The first kappa shape index (κ1) is 14.7. The first-order chi connectivity index (χ1) is 11.2. The summed E-state index contributed by atoms with van der Waals surface area (Å²) in [6.07, 6.45) is 3.45. The number of hydrogen-bond donors (Lipinski definition) is 1. The van der Waals surface area contributed by atoms with Gasteiger partial charge in [-0.15, -0.1) is 0 Å². The Morgan fingerprint density at radius 3 is 2.00 bits per heavy atom. The Hall–Kier alpha value is -3.21. The van der Waals surface area contributed by atoms with Crippen molar-refractivity contribution in [2.75, 3.05) is 7.11 Å². The second kappa shape index (κ2) is 6.27. The van der Waals surface area contributed by atoms with E-state index in [0.717, 1.165) is 16.7 Å². The van der Waals surface area contributed by atoms with E-state index in [1.807, 2.05) is 12.1 Å². The van der Waals surface area contributed by atoms with Gasteiger partial charge in [0.1, 0.15) is 5.75 Å². The SMILES string of the molecule is COC(=O)c1ccc(-c2cnc(-c3ccc(O)cc3)nc2)cc1. The predicted octanol–water partition coefficient (Wildman–Crippen LogP) is 3.30. The predicted molar refractivity (Wildman–Crippen MR) is 85.9 cm³/mol. The number of ether oxygens (including phenoxy) is 1. The molecule has 3 rings (SSSR count). The van der Waals surface area contributed by atoms with E-state index in [0.29, 0.717) is 11.4 Å². The van der Waals surface area contributed by atoms with E-state index in [9.17, 15) is 9.90 Å². The summed E-state index contributed by atoms with van der Waals surface area (Å²) in [7, 11) is 1.35. The zero-order valence-electron chi connectivity index (χ0n) is 12.4. The molecule has 1 N–H and O–H groups in total. The number of hydrogen-bond acceptors (Lipinski definition) is 5. The number of carbonyl (C=O) groups is 1. The van der Waals surface area contributed by atoms with Gasteiger partial charge in [0.2, 0.25) is 0 Å². The lowest BCUT2D eigenvalue weighted by Crippen LogP contribution is -2.00. The number of phenols is 1. The van der Waals surface area contributed by atoms with Crippen LogP contribution in [0.25, 0.3) is 22.5 Å². The second-order valence-corrected chi connectivity index (χ2v) is 4.91. The number of aromatic nitrogens is 2. The molecule has 0 saturated carbocycles. The zero-order chi connectivity index (χ0) is 16.2. The van der Waals surface area contributed by atoms with Gasteiger partial charge in [-0.2, -0.15) is 0 Å².